The van der Waals surface area contributed by atoms with Gasteiger partial charge in [-0.25, -0.2) is 4.79 Å². The van der Waals surface area contributed by atoms with E-state index in [1.54, 1.807) is 29.0 Å². The quantitative estimate of drug-likeness (QED) is 0.634. The summed E-state index contributed by atoms with van der Waals surface area (Å²) in [6.45, 7) is 2.41. The molecule has 0 saturated carbocycles. The molecule has 0 spiro atoms. The normalized spacial score (nSPS) is 10.5. The van der Waals surface area contributed by atoms with Crippen LogP contribution in [0.5, 0.6) is 0 Å². The van der Waals surface area contributed by atoms with Crippen molar-refractivity contribution in [2.45, 2.75) is 13.5 Å². The molecule has 110 valence electrons. The first kappa shape index (κ1) is 15.6. The largest absolute Gasteiger partial charge is 0.465 e. The van der Waals surface area contributed by atoms with Crippen molar-refractivity contribution in [2.75, 3.05) is 7.11 Å². The van der Waals surface area contributed by atoms with Gasteiger partial charge in [-0.1, -0.05) is 29.3 Å². The lowest BCUT2D eigenvalue weighted by Gasteiger charge is -2.07. The third-order valence-electron chi connectivity index (χ3n) is 3.09. The van der Waals surface area contributed by atoms with Crippen molar-refractivity contribution < 1.29 is 14.3 Å². The minimum Gasteiger partial charge on any atom is -0.465 e. The predicted octanol–water partition coefficient (Wildman–Crippen LogP) is 3.83. The molecule has 1 aromatic heterocycles. The highest BCUT2D eigenvalue weighted by atomic mass is 35.5. The summed E-state index contributed by atoms with van der Waals surface area (Å²) < 4.78 is 6.34. The van der Waals surface area contributed by atoms with Crippen LogP contribution in [0.3, 0.4) is 0 Å². The van der Waals surface area contributed by atoms with E-state index < -0.39 is 5.97 Å². The molecule has 1 aromatic carbocycles. The fourth-order valence-electron chi connectivity index (χ4n) is 2.01. The first-order chi connectivity index (χ1) is 9.99. The van der Waals surface area contributed by atoms with Crippen molar-refractivity contribution in [2.24, 2.45) is 0 Å². The third kappa shape index (κ3) is 2.96. The average Bonchev–Trinajstić information content (AvgIpc) is 2.92. The topological polar surface area (TPSA) is 48.3 Å². The number of hydrogen-bond acceptors (Lipinski definition) is 3. The number of benzene rings is 1. The molecule has 0 bridgehead atoms. The van der Waals surface area contributed by atoms with Crippen molar-refractivity contribution in [1.29, 1.82) is 0 Å². The van der Waals surface area contributed by atoms with Crippen molar-refractivity contribution >= 4 is 35.0 Å². The molecular formula is C15H13Cl2NO3. The van der Waals surface area contributed by atoms with E-state index in [1.807, 2.05) is 6.92 Å². The fourth-order valence-corrected chi connectivity index (χ4v) is 2.40. The molecule has 2 aromatic rings. The molecule has 0 aliphatic carbocycles. The van der Waals surface area contributed by atoms with Crippen molar-refractivity contribution in [3.05, 3.63) is 57.3 Å². The molecule has 0 amide bonds. The summed E-state index contributed by atoms with van der Waals surface area (Å²) in [7, 11) is 1.29. The van der Waals surface area contributed by atoms with Crippen molar-refractivity contribution in [3.63, 3.8) is 0 Å². The third-order valence-corrected chi connectivity index (χ3v) is 3.91. The van der Waals surface area contributed by atoms with E-state index in [0.717, 1.165) is 0 Å². The van der Waals surface area contributed by atoms with Crippen molar-refractivity contribution in [3.8, 4) is 0 Å². The predicted molar refractivity (Wildman–Crippen MR) is 81.3 cm³/mol. The minimum atomic E-state index is -0.492. The SMILES string of the molecule is CCn1cc(C(=O)OC)cc1C(=O)c1cccc(Cl)c1Cl. The summed E-state index contributed by atoms with van der Waals surface area (Å²) in [5.41, 5.74) is 0.983. The van der Waals surface area contributed by atoms with Gasteiger partial charge in [-0.05, 0) is 25.1 Å². The molecule has 0 unspecified atom stereocenters. The lowest BCUT2D eigenvalue weighted by molar-refractivity contribution is 0.0600. The molecule has 0 N–H and O–H groups in total. The number of ether oxygens (including phenoxy) is 1. The molecule has 0 atom stereocenters. The van der Waals surface area contributed by atoms with Crippen LogP contribution in [0, 0.1) is 0 Å². The minimum absolute atomic E-state index is 0.202. The fraction of sp³-hybridized carbons (Fsp3) is 0.200. The van der Waals surface area contributed by atoms with Gasteiger partial charge < -0.3 is 9.30 Å². The van der Waals surface area contributed by atoms with E-state index >= 15 is 0 Å². The molecule has 0 saturated heterocycles. The number of aromatic nitrogens is 1. The maximum atomic E-state index is 12.6. The van der Waals surface area contributed by atoms with Crippen LogP contribution in [0.25, 0.3) is 0 Å². The summed E-state index contributed by atoms with van der Waals surface area (Å²) in [6, 6.07) is 6.36. The highest BCUT2D eigenvalue weighted by molar-refractivity contribution is 6.44. The van der Waals surface area contributed by atoms with Crippen LogP contribution in [-0.2, 0) is 11.3 Å². The van der Waals surface area contributed by atoms with Gasteiger partial charge in [0, 0.05) is 18.3 Å². The zero-order chi connectivity index (χ0) is 15.6. The lowest BCUT2D eigenvalue weighted by Crippen LogP contribution is -2.09. The Morgan fingerprint density at radius 3 is 2.62 bits per heavy atom. The van der Waals surface area contributed by atoms with E-state index in [9.17, 15) is 9.59 Å². The summed E-state index contributed by atoms with van der Waals surface area (Å²) >= 11 is 12.0. The van der Waals surface area contributed by atoms with Crippen LogP contribution in [-0.4, -0.2) is 23.4 Å². The molecule has 2 rings (SSSR count). The summed E-state index contributed by atoms with van der Waals surface area (Å²) in [6.07, 6.45) is 1.58. The number of nitrogens with zero attached hydrogens (tertiary/aromatic N) is 1. The number of rotatable bonds is 4. The smallest absolute Gasteiger partial charge is 0.339 e. The number of carbonyl (C=O) groups is 2. The maximum Gasteiger partial charge on any atom is 0.339 e. The van der Waals surface area contributed by atoms with Crippen LogP contribution in [0.4, 0.5) is 0 Å². The number of carbonyl (C=O) groups excluding carboxylic acids is 2. The van der Waals surface area contributed by atoms with Gasteiger partial charge in [0.15, 0.2) is 0 Å². The lowest BCUT2D eigenvalue weighted by atomic mass is 10.1. The van der Waals surface area contributed by atoms with Gasteiger partial charge in [0.05, 0.1) is 28.4 Å². The Hall–Kier alpha value is -1.78. The molecule has 0 aliphatic heterocycles. The highest BCUT2D eigenvalue weighted by Gasteiger charge is 2.21. The molecule has 0 radical (unpaired) electrons. The maximum absolute atomic E-state index is 12.6. The van der Waals surface area contributed by atoms with E-state index in [0.29, 0.717) is 28.4 Å². The number of methoxy groups -OCH3 is 1. The molecular weight excluding hydrogens is 313 g/mol. The monoisotopic (exact) mass is 325 g/mol. The van der Waals surface area contributed by atoms with E-state index in [2.05, 4.69) is 4.74 Å². The second-order valence-electron chi connectivity index (χ2n) is 4.32. The number of ketones is 1. The van der Waals surface area contributed by atoms with Crippen LogP contribution in [0.1, 0.15) is 33.3 Å². The van der Waals surface area contributed by atoms with Gasteiger partial charge in [0.2, 0.25) is 5.78 Å². The van der Waals surface area contributed by atoms with E-state index in [-0.39, 0.29) is 10.8 Å². The summed E-state index contributed by atoms with van der Waals surface area (Å²) in [5, 5.41) is 0.512. The number of hydrogen-bond donors (Lipinski definition) is 0. The standard InChI is InChI=1S/C15H13Cl2NO3/c1-3-18-8-9(15(20)21-2)7-12(18)14(19)10-5-4-6-11(16)13(10)17/h4-8H,3H2,1-2H3. The first-order valence-electron chi connectivity index (χ1n) is 6.26. The van der Waals surface area contributed by atoms with Gasteiger partial charge in [-0.15, -0.1) is 0 Å². The Kier molecular flexibility index (Phi) is 4.70. The first-order valence-corrected chi connectivity index (χ1v) is 7.02. The van der Waals surface area contributed by atoms with Gasteiger partial charge in [0.25, 0.3) is 0 Å². The summed E-state index contributed by atoms with van der Waals surface area (Å²) in [4.78, 5) is 24.2. The number of halogens is 2. The Morgan fingerprint density at radius 2 is 2.00 bits per heavy atom. The summed E-state index contributed by atoms with van der Waals surface area (Å²) in [5.74, 6) is -0.784. The van der Waals surface area contributed by atoms with Crippen molar-refractivity contribution in [1.82, 2.24) is 4.57 Å². The molecule has 4 nitrogen and oxygen atoms in total. The second kappa shape index (κ2) is 6.33. The molecule has 0 aliphatic rings. The zero-order valence-corrected chi connectivity index (χ0v) is 13.0. The second-order valence-corrected chi connectivity index (χ2v) is 5.11. The zero-order valence-electron chi connectivity index (χ0n) is 11.5. The van der Waals surface area contributed by atoms with Gasteiger partial charge in [0.1, 0.15) is 0 Å². The van der Waals surface area contributed by atoms with Crippen LogP contribution < -0.4 is 0 Å². The van der Waals surface area contributed by atoms with Crippen LogP contribution in [0.2, 0.25) is 10.0 Å². The Balaban J connectivity index is 2.50. The van der Waals surface area contributed by atoms with E-state index in [4.69, 9.17) is 23.2 Å². The van der Waals surface area contributed by atoms with Gasteiger partial charge >= 0.3 is 5.97 Å². The molecule has 0 fully saturated rings. The molecule has 6 heteroatoms. The Morgan fingerprint density at radius 1 is 1.29 bits per heavy atom. The molecule has 21 heavy (non-hydrogen) atoms. The Bertz CT molecular complexity index is 707. The van der Waals surface area contributed by atoms with Gasteiger partial charge in [-0.3, -0.25) is 4.79 Å². The number of esters is 1. The van der Waals surface area contributed by atoms with Crippen LogP contribution in [0.15, 0.2) is 30.5 Å². The van der Waals surface area contributed by atoms with Crippen LogP contribution >= 0.6 is 23.2 Å². The highest BCUT2D eigenvalue weighted by Crippen LogP contribution is 2.28. The van der Waals surface area contributed by atoms with Gasteiger partial charge in [-0.2, -0.15) is 0 Å². The Labute approximate surface area is 132 Å². The molecule has 1 heterocycles. The average molecular weight is 326 g/mol. The van der Waals surface area contributed by atoms with E-state index in [1.165, 1.54) is 13.2 Å². The number of aryl methyl sites for hydroxylation is 1.